The van der Waals surface area contributed by atoms with E-state index in [1.165, 1.54) is 0 Å². The Morgan fingerprint density at radius 1 is 0.875 bits per heavy atom. The van der Waals surface area contributed by atoms with Gasteiger partial charge >= 0.3 is 6.09 Å². The first-order chi connectivity index (χ1) is 15.5. The molecule has 2 aromatic carbocycles. The fourth-order valence-corrected chi connectivity index (χ4v) is 3.24. The van der Waals surface area contributed by atoms with Gasteiger partial charge in [-0.3, -0.25) is 9.59 Å². The van der Waals surface area contributed by atoms with Crippen molar-refractivity contribution in [1.29, 1.82) is 0 Å². The van der Waals surface area contributed by atoms with Crippen LogP contribution in [0.4, 0.5) is 4.79 Å². The highest BCUT2D eigenvalue weighted by Crippen LogP contribution is 2.08. The maximum atomic E-state index is 12.9. The number of aryl methyl sites for hydroxylation is 1. The first kappa shape index (κ1) is 25.1. The number of ether oxygens (including phenoxy) is 1. The van der Waals surface area contributed by atoms with Crippen LogP contribution in [0.3, 0.4) is 0 Å². The van der Waals surface area contributed by atoms with Gasteiger partial charge in [0.05, 0.1) is 6.04 Å². The summed E-state index contributed by atoms with van der Waals surface area (Å²) in [5, 5.41) is 14.6. The highest BCUT2D eigenvalue weighted by molar-refractivity contribution is 5.92. The predicted octanol–water partition coefficient (Wildman–Crippen LogP) is 3.15. The van der Waals surface area contributed by atoms with Crippen molar-refractivity contribution in [3.63, 3.8) is 0 Å². The van der Waals surface area contributed by atoms with Crippen LogP contribution in [0.1, 0.15) is 43.7 Å². The van der Waals surface area contributed by atoms with Crippen molar-refractivity contribution >= 4 is 17.8 Å². The van der Waals surface area contributed by atoms with Gasteiger partial charge in [-0.15, -0.1) is 0 Å². The van der Waals surface area contributed by atoms with Gasteiger partial charge in [0.15, 0.2) is 5.78 Å². The molecule has 0 heterocycles. The van der Waals surface area contributed by atoms with Gasteiger partial charge in [-0.2, -0.15) is 0 Å². The number of unbranched alkanes of at least 4 members (excludes halogenated alkanes) is 1. The Labute approximate surface area is 189 Å². The number of benzene rings is 2. The number of carbonyl (C=O) groups excluding carboxylic acids is 3. The summed E-state index contributed by atoms with van der Waals surface area (Å²) in [5.41, 5.74) is 1.87. The molecule has 0 spiro atoms. The molecular formula is C25H32N2O5. The summed E-state index contributed by atoms with van der Waals surface area (Å²) in [6.07, 6.45) is 2.22. The monoisotopic (exact) mass is 440 g/mol. The Kier molecular flexibility index (Phi) is 11.0. The minimum atomic E-state index is -0.834. The maximum Gasteiger partial charge on any atom is 0.408 e. The number of nitrogens with one attached hydrogen (secondary N) is 2. The third-order valence-electron chi connectivity index (χ3n) is 5.09. The summed E-state index contributed by atoms with van der Waals surface area (Å²) >= 11 is 0. The lowest BCUT2D eigenvalue weighted by atomic mass is 10.0. The van der Waals surface area contributed by atoms with Gasteiger partial charge in [-0.05, 0) is 30.4 Å². The molecule has 7 heteroatoms. The SMILES string of the molecule is CCCCC(NC(=O)OCc1ccccc1)C(=O)NC(CCc1ccccc1)C(=O)CO. The molecule has 2 atom stereocenters. The second kappa shape index (κ2) is 14.0. The molecule has 2 aromatic rings. The first-order valence-corrected chi connectivity index (χ1v) is 11.0. The van der Waals surface area contributed by atoms with Crippen molar-refractivity contribution < 1.29 is 24.2 Å². The van der Waals surface area contributed by atoms with Crippen LogP contribution in [0, 0.1) is 0 Å². The van der Waals surface area contributed by atoms with Crippen LogP contribution >= 0.6 is 0 Å². The summed E-state index contributed by atoms with van der Waals surface area (Å²) in [7, 11) is 0. The summed E-state index contributed by atoms with van der Waals surface area (Å²) in [6, 6.07) is 17.2. The van der Waals surface area contributed by atoms with Gasteiger partial charge in [0, 0.05) is 0 Å². The molecule has 0 saturated carbocycles. The van der Waals surface area contributed by atoms with Crippen molar-refractivity contribution in [2.45, 2.75) is 57.7 Å². The van der Waals surface area contributed by atoms with Crippen LogP contribution in [0.5, 0.6) is 0 Å². The average molecular weight is 441 g/mol. The van der Waals surface area contributed by atoms with Gasteiger partial charge in [-0.25, -0.2) is 4.79 Å². The zero-order chi connectivity index (χ0) is 23.2. The Hall–Kier alpha value is -3.19. The first-order valence-electron chi connectivity index (χ1n) is 11.0. The molecule has 2 rings (SSSR count). The lowest BCUT2D eigenvalue weighted by Crippen LogP contribution is -2.52. The number of aliphatic hydroxyl groups is 1. The van der Waals surface area contributed by atoms with Gasteiger partial charge in [0.1, 0.15) is 19.3 Å². The smallest absolute Gasteiger partial charge is 0.408 e. The summed E-state index contributed by atoms with van der Waals surface area (Å²) in [5.74, 6) is -0.926. The van der Waals surface area contributed by atoms with E-state index in [1.807, 2.05) is 67.6 Å². The van der Waals surface area contributed by atoms with Crippen molar-refractivity contribution in [2.75, 3.05) is 6.61 Å². The number of hydrogen-bond donors (Lipinski definition) is 3. The van der Waals surface area contributed by atoms with Crippen molar-refractivity contribution in [1.82, 2.24) is 10.6 Å². The Morgan fingerprint density at radius 3 is 2.09 bits per heavy atom. The topological polar surface area (TPSA) is 105 Å². The van der Waals surface area contributed by atoms with E-state index in [9.17, 15) is 19.5 Å². The zero-order valence-corrected chi connectivity index (χ0v) is 18.5. The Morgan fingerprint density at radius 2 is 1.50 bits per heavy atom. The third kappa shape index (κ3) is 8.89. The fourth-order valence-electron chi connectivity index (χ4n) is 3.24. The van der Waals surface area contributed by atoms with Crippen LogP contribution < -0.4 is 10.6 Å². The fraction of sp³-hybridized carbons (Fsp3) is 0.400. The number of alkyl carbamates (subject to hydrolysis) is 1. The molecule has 0 aromatic heterocycles. The van der Waals surface area contributed by atoms with E-state index in [-0.39, 0.29) is 6.61 Å². The Bertz CT molecular complexity index is 842. The number of hydrogen-bond acceptors (Lipinski definition) is 5. The van der Waals surface area contributed by atoms with Crippen molar-refractivity contribution in [3.05, 3.63) is 71.8 Å². The van der Waals surface area contributed by atoms with Gasteiger partial charge in [-0.1, -0.05) is 80.4 Å². The normalized spacial score (nSPS) is 12.4. The van der Waals surface area contributed by atoms with Gasteiger partial charge < -0.3 is 20.5 Å². The van der Waals surface area contributed by atoms with E-state index >= 15 is 0 Å². The largest absolute Gasteiger partial charge is 0.445 e. The quantitative estimate of drug-likeness (QED) is 0.444. The maximum absolute atomic E-state index is 12.9. The molecule has 0 aliphatic rings. The zero-order valence-electron chi connectivity index (χ0n) is 18.5. The molecule has 0 fully saturated rings. The van der Waals surface area contributed by atoms with E-state index < -0.39 is 36.5 Å². The third-order valence-corrected chi connectivity index (χ3v) is 5.09. The van der Waals surface area contributed by atoms with E-state index in [4.69, 9.17) is 4.74 Å². The summed E-state index contributed by atoms with van der Waals surface area (Å²) in [4.78, 5) is 37.4. The lowest BCUT2D eigenvalue weighted by Gasteiger charge is -2.22. The predicted molar refractivity (Wildman–Crippen MR) is 122 cm³/mol. The number of amides is 2. The number of carbonyl (C=O) groups is 3. The standard InChI is InChI=1S/C25H32N2O5/c1-2-3-14-22(27-25(31)32-18-20-12-8-5-9-13-20)24(30)26-21(23(29)17-28)16-15-19-10-6-4-7-11-19/h4-13,21-22,28H,2-3,14-18H2,1H3,(H,26,30)(H,27,31). The molecule has 2 amide bonds. The van der Waals surface area contributed by atoms with Gasteiger partial charge in [0.25, 0.3) is 0 Å². The van der Waals surface area contributed by atoms with E-state index in [1.54, 1.807) is 0 Å². The molecule has 0 radical (unpaired) electrons. The average Bonchev–Trinajstić information content (AvgIpc) is 2.83. The highest BCUT2D eigenvalue weighted by Gasteiger charge is 2.26. The number of aliphatic hydroxyl groups excluding tert-OH is 1. The highest BCUT2D eigenvalue weighted by atomic mass is 16.5. The van der Waals surface area contributed by atoms with Crippen LogP contribution in [0.15, 0.2) is 60.7 Å². The Balaban J connectivity index is 1.96. The second-order valence-corrected chi connectivity index (χ2v) is 7.61. The van der Waals surface area contributed by atoms with E-state index in [0.29, 0.717) is 19.3 Å². The van der Waals surface area contributed by atoms with E-state index in [2.05, 4.69) is 10.6 Å². The summed E-state index contributed by atoms with van der Waals surface area (Å²) in [6.45, 7) is 1.42. The van der Waals surface area contributed by atoms with Crippen LogP contribution in [-0.4, -0.2) is 41.6 Å². The number of Topliss-reactive ketones (excluding diaryl/α,β-unsaturated/α-hetero) is 1. The molecule has 0 aliphatic carbocycles. The minimum Gasteiger partial charge on any atom is -0.445 e. The minimum absolute atomic E-state index is 0.0947. The van der Waals surface area contributed by atoms with Crippen LogP contribution in [0.25, 0.3) is 0 Å². The molecular weight excluding hydrogens is 408 g/mol. The van der Waals surface area contributed by atoms with Crippen LogP contribution in [0.2, 0.25) is 0 Å². The van der Waals surface area contributed by atoms with Crippen molar-refractivity contribution in [3.8, 4) is 0 Å². The molecule has 2 unspecified atom stereocenters. The molecule has 0 saturated heterocycles. The van der Waals surface area contributed by atoms with Gasteiger partial charge in [0.2, 0.25) is 5.91 Å². The number of ketones is 1. The number of rotatable bonds is 13. The summed E-state index contributed by atoms with van der Waals surface area (Å²) < 4.78 is 5.23. The van der Waals surface area contributed by atoms with Crippen molar-refractivity contribution in [2.24, 2.45) is 0 Å². The second-order valence-electron chi connectivity index (χ2n) is 7.61. The molecule has 0 aliphatic heterocycles. The molecule has 7 nitrogen and oxygen atoms in total. The molecule has 0 bridgehead atoms. The molecule has 32 heavy (non-hydrogen) atoms. The van der Waals surface area contributed by atoms with Crippen LogP contribution in [-0.2, 0) is 27.4 Å². The lowest BCUT2D eigenvalue weighted by molar-refractivity contribution is -0.130. The molecule has 172 valence electrons. The van der Waals surface area contributed by atoms with E-state index in [0.717, 1.165) is 24.0 Å². The molecule has 3 N–H and O–H groups in total.